The van der Waals surface area contributed by atoms with Crippen LogP contribution in [0.2, 0.25) is 0 Å². The molecule has 0 amide bonds. The van der Waals surface area contributed by atoms with Crippen LogP contribution >= 0.6 is 27.3 Å². The zero-order valence-electron chi connectivity index (χ0n) is 8.82. The van der Waals surface area contributed by atoms with Gasteiger partial charge in [0, 0.05) is 11.6 Å². The number of halogens is 1. The zero-order chi connectivity index (χ0) is 11.7. The maximum Gasteiger partial charge on any atom is 0.265 e. The highest BCUT2D eigenvalue weighted by Gasteiger charge is 2.13. The lowest BCUT2D eigenvalue weighted by atomic mass is 10.1. The smallest absolute Gasteiger partial charge is 0.265 e. The molecule has 0 aromatic carbocycles. The molecule has 0 bridgehead atoms. The summed E-state index contributed by atoms with van der Waals surface area (Å²) in [5.74, 6) is 0.724. The second kappa shape index (κ2) is 4.47. The van der Waals surface area contributed by atoms with E-state index in [0.717, 1.165) is 10.7 Å². The van der Waals surface area contributed by atoms with Gasteiger partial charge in [0.25, 0.3) is 5.56 Å². The lowest BCUT2D eigenvalue weighted by Crippen LogP contribution is -2.14. The Labute approximate surface area is 105 Å². The Kier molecular flexibility index (Phi) is 3.20. The zero-order valence-corrected chi connectivity index (χ0v) is 11.2. The number of nitrogens with one attached hydrogen (secondary N) is 1. The van der Waals surface area contributed by atoms with Crippen molar-refractivity contribution in [2.24, 2.45) is 0 Å². The maximum atomic E-state index is 11.7. The van der Waals surface area contributed by atoms with Gasteiger partial charge in [-0.1, -0.05) is 13.8 Å². The number of H-pyrrole nitrogens is 1. The molecule has 6 heteroatoms. The number of aromatic amines is 1. The first-order valence-corrected chi connectivity index (χ1v) is 6.46. The van der Waals surface area contributed by atoms with E-state index < -0.39 is 0 Å². The van der Waals surface area contributed by atoms with Crippen LogP contribution in [0.1, 0.15) is 25.5 Å². The quantitative estimate of drug-likeness (QED) is 0.927. The van der Waals surface area contributed by atoms with E-state index in [1.54, 1.807) is 6.20 Å². The Morgan fingerprint density at radius 2 is 2.25 bits per heavy atom. The van der Waals surface area contributed by atoms with Crippen LogP contribution < -0.4 is 5.56 Å². The Hall–Kier alpha value is -1.01. The standard InChI is InChI=1S/C10H10BrN3OS/c1-5(2)7-6(11)9(15)14-8(13-7)10-12-3-4-16-10/h3-5H,1-2H3,(H,13,14,15). The van der Waals surface area contributed by atoms with Gasteiger partial charge in [0.15, 0.2) is 10.8 Å². The van der Waals surface area contributed by atoms with Crippen LogP contribution in [0, 0.1) is 0 Å². The minimum absolute atomic E-state index is 0.163. The SMILES string of the molecule is CC(C)c1nc(-c2nccs2)[nH]c(=O)c1Br. The summed E-state index contributed by atoms with van der Waals surface area (Å²) in [6, 6.07) is 0. The van der Waals surface area contributed by atoms with Gasteiger partial charge in [-0.25, -0.2) is 9.97 Å². The van der Waals surface area contributed by atoms with Crippen molar-refractivity contribution in [2.45, 2.75) is 19.8 Å². The molecule has 2 aromatic rings. The average molecular weight is 300 g/mol. The molecule has 0 atom stereocenters. The van der Waals surface area contributed by atoms with E-state index in [2.05, 4.69) is 30.9 Å². The fourth-order valence-electron chi connectivity index (χ4n) is 1.30. The van der Waals surface area contributed by atoms with Crippen LogP contribution in [0.25, 0.3) is 10.8 Å². The van der Waals surface area contributed by atoms with E-state index >= 15 is 0 Å². The maximum absolute atomic E-state index is 11.7. The molecule has 0 aliphatic rings. The van der Waals surface area contributed by atoms with Crippen molar-refractivity contribution in [3.05, 3.63) is 32.1 Å². The Balaban J connectivity index is 2.62. The van der Waals surface area contributed by atoms with Gasteiger partial charge in [-0.15, -0.1) is 11.3 Å². The summed E-state index contributed by atoms with van der Waals surface area (Å²) >= 11 is 4.71. The van der Waals surface area contributed by atoms with Gasteiger partial charge in [-0.3, -0.25) is 4.79 Å². The topological polar surface area (TPSA) is 58.6 Å². The summed E-state index contributed by atoms with van der Waals surface area (Å²) in [4.78, 5) is 23.0. The lowest BCUT2D eigenvalue weighted by Gasteiger charge is -2.07. The van der Waals surface area contributed by atoms with Gasteiger partial charge in [-0.2, -0.15) is 0 Å². The number of hydrogen-bond acceptors (Lipinski definition) is 4. The van der Waals surface area contributed by atoms with Gasteiger partial charge < -0.3 is 4.98 Å². The molecule has 4 nitrogen and oxygen atoms in total. The summed E-state index contributed by atoms with van der Waals surface area (Å²) in [5, 5.41) is 2.58. The van der Waals surface area contributed by atoms with Gasteiger partial charge >= 0.3 is 0 Å². The largest absolute Gasteiger partial charge is 0.304 e. The Morgan fingerprint density at radius 1 is 1.50 bits per heavy atom. The molecule has 0 fully saturated rings. The van der Waals surface area contributed by atoms with E-state index in [4.69, 9.17) is 0 Å². The first-order valence-electron chi connectivity index (χ1n) is 4.79. The molecule has 16 heavy (non-hydrogen) atoms. The van der Waals surface area contributed by atoms with Crippen LogP contribution in [-0.2, 0) is 0 Å². The summed E-state index contributed by atoms with van der Waals surface area (Å²) in [6.07, 6.45) is 1.69. The predicted octanol–water partition coefficient (Wildman–Crippen LogP) is 2.78. The summed E-state index contributed by atoms with van der Waals surface area (Å²) in [6.45, 7) is 4.00. The normalized spacial score (nSPS) is 11.0. The van der Waals surface area contributed by atoms with Crippen molar-refractivity contribution in [1.82, 2.24) is 15.0 Å². The summed E-state index contributed by atoms with van der Waals surface area (Å²) in [5.41, 5.74) is 0.595. The van der Waals surface area contributed by atoms with Crippen molar-refractivity contribution in [3.8, 4) is 10.8 Å². The molecule has 0 aliphatic carbocycles. The van der Waals surface area contributed by atoms with Crippen LogP contribution in [0.4, 0.5) is 0 Å². The molecule has 0 saturated heterocycles. The van der Waals surface area contributed by atoms with Gasteiger partial charge in [-0.05, 0) is 21.8 Å². The van der Waals surface area contributed by atoms with Gasteiger partial charge in [0.2, 0.25) is 0 Å². The van der Waals surface area contributed by atoms with E-state index in [0.29, 0.717) is 10.3 Å². The second-order valence-electron chi connectivity index (χ2n) is 3.61. The molecule has 2 heterocycles. The molecule has 0 spiro atoms. The second-order valence-corrected chi connectivity index (χ2v) is 5.29. The first-order chi connectivity index (χ1) is 7.59. The fourth-order valence-corrected chi connectivity index (χ4v) is 2.53. The fraction of sp³-hybridized carbons (Fsp3) is 0.300. The van der Waals surface area contributed by atoms with Crippen molar-refractivity contribution >= 4 is 27.3 Å². The molecular formula is C10H10BrN3OS. The van der Waals surface area contributed by atoms with E-state index in [9.17, 15) is 4.79 Å². The predicted molar refractivity (Wildman–Crippen MR) is 67.8 cm³/mol. The number of thiazole rings is 1. The summed E-state index contributed by atoms with van der Waals surface area (Å²) in [7, 11) is 0. The van der Waals surface area contributed by atoms with Crippen molar-refractivity contribution in [3.63, 3.8) is 0 Å². The Morgan fingerprint density at radius 3 is 2.81 bits per heavy atom. The molecular weight excluding hydrogens is 290 g/mol. The molecule has 0 aliphatic heterocycles. The molecule has 0 radical (unpaired) electrons. The van der Waals surface area contributed by atoms with Crippen LogP contribution in [0.15, 0.2) is 20.8 Å². The van der Waals surface area contributed by atoms with E-state index in [1.807, 2.05) is 19.2 Å². The minimum atomic E-state index is -0.163. The highest BCUT2D eigenvalue weighted by molar-refractivity contribution is 9.10. The van der Waals surface area contributed by atoms with Crippen molar-refractivity contribution in [2.75, 3.05) is 0 Å². The van der Waals surface area contributed by atoms with Crippen molar-refractivity contribution in [1.29, 1.82) is 0 Å². The Bertz CT molecular complexity index is 548. The molecule has 84 valence electrons. The van der Waals surface area contributed by atoms with Crippen LogP contribution in [0.5, 0.6) is 0 Å². The summed E-state index contributed by atoms with van der Waals surface area (Å²) < 4.78 is 0.503. The molecule has 2 rings (SSSR count). The molecule has 1 N–H and O–H groups in total. The third-order valence-electron chi connectivity index (χ3n) is 2.07. The molecule has 0 saturated carbocycles. The third-order valence-corrected chi connectivity index (χ3v) is 3.62. The third kappa shape index (κ3) is 2.08. The monoisotopic (exact) mass is 299 g/mol. The van der Waals surface area contributed by atoms with Gasteiger partial charge in [0.1, 0.15) is 4.47 Å². The number of rotatable bonds is 2. The lowest BCUT2D eigenvalue weighted by molar-refractivity contribution is 0.803. The van der Waals surface area contributed by atoms with Crippen LogP contribution in [-0.4, -0.2) is 15.0 Å². The number of aromatic nitrogens is 3. The first kappa shape index (κ1) is 11.5. The molecule has 0 unspecified atom stereocenters. The number of nitrogens with zero attached hydrogens (tertiary/aromatic N) is 2. The minimum Gasteiger partial charge on any atom is -0.304 e. The van der Waals surface area contributed by atoms with E-state index in [1.165, 1.54) is 11.3 Å². The van der Waals surface area contributed by atoms with Gasteiger partial charge in [0.05, 0.1) is 5.69 Å². The highest BCUT2D eigenvalue weighted by Crippen LogP contribution is 2.23. The highest BCUT2D eigenvalue weighted by atomic mass is 79.9. The van der Waals surface area contributed by atoms with E-state index in [-0.39, 0.29) is 11.5 Å². The average Bonchev–Trinajstić information content (AvgIpc) is 2.74. The van der Waals surface area contributed by atoms with Crippen molar-refractivity contribution < 1.29 is 0 Å². The van der Waals surface area contributed by atoms with Crippen LogP contribution in [0.3, 0.4) is 0 Å². The number of hydrogen-bond donors (Lipinski definition) is 1. The molecule has 2 aromatic heterocycles.